The van der Waals surface area contributed by atoms with Crippen molar-refractivity contribution < 1.29 is 9.90 Å². The number of phenolic OH excluding ortho intramolecular Hbond substituents is 1. The molecule has 0 radical (unpaired) electrons. The predicted octanol–water partition coefficient (Wildman–Crippen LogP) is 1.98. The first kappa shape index (κ1) is 14.3. The van der Waals surface area contributed by atoms with Gasteiger partial charge in [-0.1, -0.05) is 6.07 Å². The van der Waals surface area contributed by atoms with Gasteiger partial charge in [0.25, 0.3) is 5.91 Å². The molecule has 1 amide bonds. The summed E-state index contributed by atoms with van der Waals surface area (Å²) in [6.45, 7) is 1.80. The molecule has 1 heterocycles. The van der Waals surface area contributed by atoms with Gasteiger partial charge in [0, 0.05) is 30.6 Å². The average molecular weight is 282 g/mol. The molecule has 0 atom stereocenters. The summed E-state index contributed by atoms with van der Waals surface area (Å²) in [5, 5.41) is 25.2. The Balaban J connectivity index is 2.23. The zero-order valence-corrected chi connectivity index (χ0v) is 11.7. The summed E-state index contributed by atoms with van der Waals surface area (Å²) in [4.78, 5) is 12.1. The first-order valence-electron chi connectivity index (χ1n) is 6.22. The van der Waals surface area contributed by atoms with Gasteiger partial charge in [-0.25, -0.2) is 0 Å². The monoisotopic (exact) mass is 282 g/mol. The number of nitriles is 1. The Morgan fingerprint density at radius 1 is 1.52 bits per heavy atom. The van der Waals surface area contributed by atoms with Crippen LogP contribution in [0.5, 0.6) is 5.75 Å². The van der Waals surface area contributed by atoms with Crippen molar-refractivity contribution in [2.75, 3.05) is 5.32 Å². The van der Waals surface area contributed by atoms with Crippen LogP contribution >= 0.6 is 0 Å². The van der Waals surface area contributed by atoms with Crippen LogP contribution in [0.2, 0.25) is 0 Å². The number of rotatable bonds is 3. The third-order valence-corrected chi connectivity index (χ3v) is 2.82. The van der Waals surface area contributed by atoms with Gasteiger partial charge in [-0.2, -0.15) is 10.4 Å². The Morgan fingerprint density at radius 2 is 2.29 bits per heavy atom. The van der Waals surface area contributed by atoms with Crippen LogP contribution in [-0.2, 0) is 11.8 Å². The lowest BCUT2D eigenvalue weighted by atomic mass is 10.1. The Labute approximate surface area is 121 Å². The molecular formula is C15H14N4O2. The van der Waals surface area contributed by atoms with Crippen LogP contribution in [0, 0.1) is 18.3 Å². The molecule has 106 valence electrons. The Hall–Kier alpha value is -3.07. The molecule has 6 nitrogen and oxygen atoms in total. The Kier molecular flexibility index (Phi) is 4.05. The molecule has 0 aliphatic rings. The molecular weight excluding hydrogens is 268 g/mol. The topological polar surface area (TPSA) is 90.9 Å². The van der Waals surface area contributed by atoms with E-state index in [1.165, 1.54) is 18.2 Å². The molecule has 0 fully saturated rings. The number of aromatic nitrogens is 2. The summed E-state index contributed by atoms with van der Waals surface area (Å²) in [5.74, 6) is -0.496. The van der Waals surface area contributed by atoms with Crippen molar-refractivity contribution in [1.29, 1.82) is 5.26 Å². The van der Waals surface area contributed by atoms with Crippen molar-refractivity contribution in [2.24, 2.45) is 7.05 Å². The lowest BCUT2D eigenvalue weighted by Gasteiger charge is -2.04. The molecule has 0 saturated carbocycles. The molecule has 0 saturated heterocycles. The van der Waals surface area contributed by atoms with Gasteiger partial charge < -0.3 is 10.4 Å². The standard InChI is InChI=1S/C15H14N4O2/c1-10-12(9-19(2)18-10)6-11(8-16)15(21)17-13-4-3-5-14(20)7-13/h3-7,9,20H,1-2H3,(H,17,21). The highest BCUT2D eigenvalue weighted by Gasteiger charge is 2.11. The van der Waals surface area contributed by atoms with Crippen LogP contribution in [0.25, 0.3) is 6.08 Å². The number of aryl methyl sites for hydroxylation is 2. The largest absolute Gasteiger partial charge is 0.508 e. The number of benzene rings is 1. The van der Waals surface area contributed by atoms with Crippen molar-refractivity contribution in [3.63, 3.8) is 0 Å². The van der Waals surface area contributed by atoms with E-state index in [-0.39, 0.29) is 11.3 Å². The van der Waals surface area contributed by atoms with Crippen molar-refractivity contribution >= 4 is 17.7 Å². The molecule has 6 heteroatoms. The molecule has 0 unspecified atom stereocenters. The van der Waals surface area contributed by atoms with Crippen LogP contribution in [0.1, 0.15) is 11.3 Å². The summed E-state index contributed by atoms with van der Waals surface area (Å²) >= 11 is 0. The normalized spacial score (nSPS) is 11.0. The van der Waals surface area contributed by atoms with Gasteiger partial charge >= 0.3 is 0 Å². The highest BCUT2D eigenvalue weighted by Crippen LogP contribution is 2.17. The van der Waals surface area contributed by atoms with Crippen molar-refractivity contribution in [2.45, 2.75) is 6.92 Å². The fraction of sp³-hybridized carbons (Fsp3) is 0.133. The molecule has 0 aliphatic carbocycles. The van der Waals surface area contributed by atoms with E-state index in [9.17, 15) is 9.90 Å². The summed E-state index contributed by atoms with van der Waals surface area (Å²) in [7, 11) is 1.77. The summed E-state index contributed by atoms with van der Waals surface area (Å²) in [6.07, 6.45) is 3.22. The molecule has 2 aromatic rings. The Bertz CT molecular complexity index is 753. The van der Waals surface area contributed by atoms with Gasteiger partial charge in [-0.15, -0.1) is 0 Å². The number of anilines is 1. The number of carbonyl (C=O) groups excluding carboxylic acids is 1. The zero-order valence-electron chi connectivity index (χ0n) is 11.7. The second-order valence-electron chi connectivity index (χ2n) is 4.52. The first-order valence-corrected chi connectivity index (χ1v) is 6.22. The van der Waals surface area contributed by atoms with Crippen molar-refractivity contribution in [1.82, 2.24) is 9.78 Å². The fourth-order valence-electron chi connectivity index (χ4n) is 1.85. The van der Waals surface area contributed by atoms with Gasteiger partial charge in [0.05, 0.1) is 5.69 Å². The molecule has 0 spiro atoms. The summed E-state index contributed by atoms with van der Waals surface area (Å²) < 4.78 is 1.61. The van der Waals surface area contributed by atoms with E-state index in [2.05, 4.69) is 10.4 Å². The summed E-state index contributed by atoms with van der Waals surface area (Å²) in [5.41, 5.74) is 1.83. The van der Waals surface area contributed by atoms with E-state index in [4.69, 9.17) is 5.26 Å². The van der Waals surface area contributed by atoms with Crippen molar-refractivity contribution in [3.05, 3.63) is 47.3 Å². The van der Waals surface area contributed by atoms with E-state index >= 15 is 0 Å². The highest BCUT2D eigenvalue weighted by molar-refractivity contribution is 6.09. The SMILES string of the molecule is Cc1nn(C)cc1C=C(C#N)C(=O)Nc1cccc(O)c1. The second-order valence-corrected chi connectivity index (χ2v) is 4.52. The van der Waals surface area contributed by atoms with Gasteiger partial charge in [0.1, 0.15) is 17.4 Å². The lowest BCUT2D eigenvalue weighted by Crippen LogP contribution is -2.13. The number of amides is 1. The van der Waals surface area contributed by atoms with Crippen LogP contribution in [0.3, 0.4) is 0 Å². The fourth-order valence-corrected chi connectivity index (χ4v) is 1.85. The minimum absolute atomic E-state index is 0.0329. The van der Waals surface area contributed by atoms with Crippen LogP contribution in [0.4, 0.5) is 5.69 Å². The number of aromatic hydroxyl groups is 1. The molecule has 1 aromatic carbocycles. The van der Waals surface area contributed by atoms with Crippen LogP contribution in [0.15, 0.2) is 36.0 Å². The van der Waals surface area contributed by atoms with E-state index < -0.39 is 5.91 Å². The van der Waals surface area contributed by atoms with Gasteiger partial charge in [-0.05, 0) is 25.1 Å². The molecule has 0 bridgehead atoms. The average Bonchev–Trinajstić information content (AvgIpc) is 2.74. The molecule has 2 rings (SSSR count). The minimum Gasteiger partial charge on any atom is -0.508 e. The number of carbonyl (C=O) groups is 1. The maximum atomic E-state index is 12.1. The predicted molar refractivity (Wildman–Crippen MR) is 78.3 cm³/mol. The highest BCUT2D eigenvalue weighted by atomic mass is 16.3. The quantitative estimate of drug-likeness (QED) is 0.665. The number of hydrogen-bond acceptors (Lipinski definition) is 4. The van der Waals surface area contributed by atoms with Gasteiger partial charge in [-0.3, -0.25) is 9.48 Å². The number of nitrogens with zero attached hydrogens (tertiary/aromatic N) is 3. The second kappa shape index (κ2) is 5.92. The molecule has 21 heavy (non-hydrogen) atoms. The zero-order chi connectivity index (χ0) is 15.4. The van der Waals surface area contributed by atoms with E-state index in [1.807, 2.05) is 6.07 Å². The lowest BCUT2D eigenvalue weighted by molar-refractivity contribution is -0.112. The molecule has 2 N–H and O–H groups in total. The summed E-state index contributed by atoms with van der Waals surface area (Å²) in [6, 6.07) is 8.00. The van der Waals surface area contributed by atoms with E-state index in [0.29, 0.717) is 11.3 Å². The van der Waals surface area contributed by atoms with E-state index in [1.54, 1.807) is 37.0 Å². The van der Waals surface area contributed by atoms with Crippen molar-refractivity contribution in [3.8, 4) is 11.8 Å². The third kappa shape index (κ3) is 3.48. The molecule has 1 aromatic heterocycles. The number of hydrogen-bond donors (Lipinski definition) is 2. The maximum Gasteiger partial charge on any atom is 0.266 e. The van der Waals surface area contributed by atoms with Gasteiger partial charge in [0.15, 0.2) is 0 Å². The maximum absolute atomic E-state index is 12.1. The Morgan fingerprint density at radius 3 is 2.86 bits per heavy atom. The molecule has 0 aliphatic heterocycles. The van der Waals surface area contributed by atoms with Crippen LogP contribution < -0.4 is 5.32 Å². The van der Waals surface area contributed by atoms with E-state index in [0.717, 1.165) is 5.69 Å². The van der Waals surface area contributed by atoms with Crippen LogP contribution in [-0.4, -0.2) is 20.8 Å². The van der Waals surface area contributed by atoms with Gasteiger partial charge in [0.2, 0.25) is 0 Å². The minimum atomic E-state index is -0.536. The third-order valence-electron chi connectivity index (χ3n) is 2.82. The number of nitrogens with one attached hydrogen (secondary N) is 1. The number of phenols is 1. The smallest absolute Gasteiger partial charge is 0.266 e. The first-order chi connectivity index (χ1) is 9.99.